The summed E-state index contributed by atoms with van der Waals surface area (Å²) < 4.78 is 5.14. The van der Waals surface area contributed by atoms with Gasteiger partial charge < -0.3 is 15.2 Å². The van der Waals surface area contributed by atoms with Gasteiger partial charge in [-0.25, -0.2) is 0 Å². The monoisotopic (exact) mass is 291 g/mol. The Morgan fingerprint density at radius 1 is 1.20 bits per heavy atom. The predicted molar refractivity (Wildman–Crippen MR) is 81.4 cm³/mol. The number of para-hydroxylation sites is 1. The van der Waals surface area contributed by atoms with Crippen LogP contribution in [0.25, 0.3) is 0 Å². The van der Waals surface area contributed by atoms with Gasteiger partial charge in [0, 0.05) is 18.2 Å². The van der Waals surface area contributed by atoms with Crippen molar-refractivity contribution < 1.29 is 9.84 Å². The van der Waals surface area contributed by atoms with E-state index in [0.717, 1.165) is 16.9 Å². The standard InChI is InChI=1S/C16H18ClNO2/c1-11(12-6-8-14(20-2)9-7-12)18-10-13-4-3-5-15(17)16(13)19/h3-9,11,18-19H,10H2,1-2H3. The summed E-state index contributed by atoms with van der Waals surface area (Å²) in [6.45, 7) is 2.63. The summed E-state index contributed by atoms with van der Waals surface area (Å²) in [5.41, 5.74) is 1.95. The normalized spacial score (nSPS) is 12.2. The minimum absolute atomic E-state index is 0.142. The zero-order valence-electron chi connectivity index (χ0n) is 11.6. The van der Waals surface area contributed by atoms with Gasteiger partial charge in [0.2, 0.25) is 0 Å². The van der Waals surface area contributed by atoms with E-state index in [0.29, 0.717) is 11.6 Å². The second-order valence-corrected chi connectivity index (χ2v) is 5.03. The van der Waals surface area contributed by atoms with E-state index in [1.807, 2.05) is 36.4 Å². The first kappa shape index (κ1) is 14.7. The van der Waals surface area contributed by atoms with Crippen LogP contribution in [-0.2, 0) is 6.54 Å². The molecule has 4 heteroatoms. The van der Waals surface area contributed by atoms with E-state index >= 15 is 0 Å². The van der Waals surface area contributed by atoms with E-state index in [9.17, 15) is 5.11 Å². The van der Waals surface area contributed by atoms with Crippen LogP contribution in [0.1, 0.15) is 24.1 Å². The first-order chi connectivity index (χ1) is 9.61. The third kappa shape index (κ3) is 3.44. The van der Waals surface area contributed by atoms with E-state index in [1.54, 1.807) is 13.2 Å². The SMILES string of the molecule is COc1ccc(C(C)NCc2cccc(Cl)c2O)cc1. The van der Waals surface area contributed by atoms with Crippen molar-refractivity contribution in [3.63, 3.8) is 0 Å². The number of ether oxygens (including phenoxy) is 1. The van der Waals surface area contributed by atoms with Crippen molar-refractivity contribution in [1.29, 1.82) is 0 Å². The highest BCUT2D eigenvalue weighted by Gasteiger charge is 2.08. The summed E-state index contributed by atoms with van der Waals surface area (Å²) in [6.07, 6.45) is 0. The van der Waals surface area contributed by atoms with Crippen LogP contribution in [0.15, 0.2) is 42.5 Å². The van der Waals surface area contributed by atoms with Gasteiger partial charge in [-0.2, -0.15) is 0 Å². The Labute approximate surface area is 124 Å². The number of hydrogen-bond donors (Lipinski definition) is 2. The average Bonchev–Trinajstić information content (AvgIpc) is 2.48. The molecule has 0 aromatic heterocycles. The van der Waals surface area contributed by atoms with Crippen LogP contribution >= 0.6 is 11.6 Å². The van der Waals surface area contributed by atoms with E-state index in [4.69, 9.17) is 16.3 Å². The molecule has 106 valence electrons. The number of halogens is 1. The predicted octanol–water partition coefficient (Wildman–Crippen LogP) is 3.91. The molecule has 0 fully saturated rings. The maximum Gasteiger partial charge on any atom is 0.138 e. The highest BCUT2D eigenvalue weighted by Crippen LogP contribution is 2.27. The number of phenolic OH excluding ortho intramolecular Hbond substituents is 1. The Hall–Kier alpha value is -1.71. The van der Waals surface area contributed by atoms with Gasteiger partial charge in [-0.15, -0.1) is 0 Å². The van der Waals surface area contributed by atoms with Gasteiger partial charge in [-0.1, -0.05) is 35.9 Å². The molecular formula is C16H18ClNO2. The lowest BCUT2D eigenvalue weighted by Crippen LogP contribution is -2.18. The van der Waals surface area contributed by atoms with Gasteiger partial charge in [-0.3, -0.25) is 0 Å². The fraction of sp³-hybridized carbons (Fsp3) is 0.250. The van der Waals surface area contributed by atoms with Crippen molar-refractivity contribution in [1.82, 2.24) is 5.32 Å². The maximum absolute atomic E-state index is 9.86. The quantitative estimate of drug-likeness (QED) is 0.878. The molecule has 0 saturated heterocycles. The smallest absolute Gasteiger partial charge is 0.138 e. The third-order valence-corrected chi connectivity index (χ3v) is 3.59. The highest BCUT2D eigenvalue weighted by molar-refractivity contribution is 6.32. The molecule has 2 aromatic carbocycles. The van der Waals surface area contributed by atoms with Gasteiger partial charge in [0.1, 0.15) is 11.5 Å². The van der Waals surface area contributed by atoms with Crippen molar-refractivity contribution in [2.45, 2.75) is 19.5 Å². The number of benzene rings is 2. The minimum Gasteiger partial charge on any atom is -0.506 e. The molecule has 20 heavy (non-hydrogen) atoms. The third-order valence-electron chi connectivity index (χ3n) is 3.28. The number of nitrogens with one attached hydrogen (secondary N) is 1. The Morgan fingerprint density at radius 2 is 1.90 bits per heavy atom. The fourth-order valence-corrected chi connectivity index (χ4v) is 2.17. The van der Waals surface area contributed by atoms with Gasteiger partial charge in [0.15, 0.2) is 0 Å². The summed E-state index contributed by atoms with van der Waals surface area (Å²) in [7, 11) is 1.65. The molecule has 3 nitrogen and oxygen atoms in total. The first-order valence-corrected chi connectivity index (χ1v) is 6.83. The van der Waals surface area contributed by atoms with Gasteiger partial charge >= 0.3 is 0 Å². The molecule has 0 spiro atoms. The molecule has 0 saturated carbocycles. The van der Waals surface area contributed by atoms with E-state index in [-0.39, 0.29) is 11.8 Å². The number of phenols is 1. The van der Waals surface area contributed by atoms with Crippen LogP contribution in [-0.4, -0.2) is 12.2 Å². The van der Waals surface area contributed by atoms with Crippen LogP contribution in [0.4, 0.5) is 0 Å². The summed E-state index contributed by atoms with van der Waals surface area (Å²) in [5, 5.41) is 13.6. The second kappa shape index (κ2) is 6.64. The lowest BCUT2D eigenvalue weighted by molar-refractivity contribution is 0.414. The molecule has 0 bridgehead atoms. The van der Waals surface area contributed by atoms with Crippen molar-refractivity contribution in [3.8, 4) is 11.5 Å². The Bertz CT molecular complexity index is 569. The number of hydrogen-bond acceptors (Lipinski definition) is 3. The molecular weight excluding hydrogens is 274 g/mol. The second-order valence-electron chi connectivity index (χ2n) is 4.62. The highest BCUT2D eigenvalue weighted by atomic mass is 35.5. The Kier molecular flexibility index (Phi) is 4.88. The van der Waals surface area contributed by atoms with Crippen molar-refractivity contribution in [2.75, 3.05) is 7.11 Å². The molecule has 0 amide bonds. The van der Waals surface area contributed by atoms with E-state index in [1.165, 1.54) is 0 Å². The van der Waals surface area contributed by atoms with E-state index in [2.05, 4.69) is 12.2 Å². The summed E-state index contributed by atoms with van der Waals surface area (Å²) in [4.78, 5) is 0. The lowest BCUT2D eigenvalue weighted by Gasteiger charge is -2.15. The van der Waals surface area contributed by atoms with E-state index < -0.39 is 0 Å². The first-order valence-electron chi connectivity index (χ1n) is 6.45. The molecule has 0 aliphatic rings. The van der Waals surface area contributed by atoms with Crippen LogP contribution in [0.3, 0.4) is 0 Å². The Balaban J connectivity index is 2.00. The summed E-state index contributed by atoms with van der Waals surface area (Å²) in [6, 6.07) is 13.4. The van der Waals surface area contributed by atoms with Crippen LogP contribution in [0.5, 0.6) is 11.5 Å². The molecule has 0 heterocycles. The maximum atomic E-state index is 9.86. The molecule has 1 unspecified atom stereocenters. The zero-order chi connectivity index (χ0) is 14.5. The molecule has 0 aliphatic carbocycles. The van der Waals surface area contributed by atoms with Crippen molar-refractivity contribution in [2.24, 2.45) is 0 Å². The summed E-state index contributed by atoms with van der Waals surface area (Å²) >= 11 is 5.89. The van der Waals surface area contributed by atoms with Gasteiger partial charge in [0.05, 0.1) is 12.1 Å². The summed E-state index contributed by atoms with van der Waals surface area (Å²) in [5.74, 6) is 0.983. The Morgan fingerprint density at radius 3 is 2.55 bits per heavy atom. The average molecular weight is 292 g/mol. The largest absolute Gasteiger partial charge is 0.506 e. The van der Waals surface area contributed by atoms with Crippen LogP contribution < -0.4 is 10.1 Å². The molecule has 2 aromatic rings. The fourth-order valence-electron chi connectivity index (χ4n) is 1.98. The molecule has 1 atom stereocenters. The lowest BCUT2D eigenvalue weighted by atomic mass is 10.1. The number of aromatic hydroxyl groups is 1. The van der Waals surface area contributed by atoms with Crippen LogP contribution in [0, 0.1) is 0 Å². The number of rotatable bonds is 5. The molecule has 0 radical (unpaired) electrons. The van der Waals surface area contributed by atoms with Crippen molar-refractivity contribution in [3.05, 3.63) is 58.6 Å². The van der Waals surface area contributed by atoms with Crippen LogP contribution in [0.2, 0.25) is 5.02 Å². The number of methoxy groups -OCH3 is 1. The zero-order valence-corrected chi connectivity index (χ0v) is 12.3. The topological polar surface area (TPSA) is 41.5 Å². The van der Waals surface area contributed by atoms with Gasteiger partial charge in [0.25, 0.3) is 0 Å². The molecule has 2 rings (SSSR count). The molecule has 2 N–H and O–H groups in total. The minimum atomic E-state index is 0.142. The van der Waals surface area contributed by atoms with Gasteiger partial charge in [-0.05, 0) is 30.7 Å². The van der Waals surface area contributed by atoms with Crippen molar-refractivity contribution >= 4 is 11.6 Å². The molecule has 0 aliphatic heterocycles.